The van der Waals surface area contributed by atoms with E-state index >= 15 is 0 Å². The Hall–Kier alpha value is -1.55. The molecule has 0 bridgehead atoms. The van der Waals surface area contributed by atoms with Crippen LogP contribution in [0.5, 0.6) is 5.75 Å². The monoisotopic (exact) mass is 276 g/mol. The first kappa shape index (κ1) is 14.9. The smallest absolute Gasteiger partial charge is 0.223 e. The SMILES string of the molecule is CC(C)NC(=O)CCOc1ccc2c(c1)CCCC2N. The zero-order valence-corrected chi connectivity index (χ0v) is 12.3. The van der Waals surface area contributed by atoms with Crippen LogP contribution in [0.4, 0.5) is 0 Å². The number of carbonyl (C=O) groups excluding carboxylic acids is 1. The fourth-order valence-electron chi connectivity index (χ4n) is 2.57. The van der Waals surface area contributed by atoms with Crippen molar-refractivity contribution in [3.8, 4) is 5.75 Å². The lowest BCUT2D eigenvalue weighted by molar-refractivity contribution is -0.122. The van der Waals surface area contributed by atoms with Crippen molar-refractivity contribution in [2.24, 2.45) is 5.73 Å². The van der Waals surface area contributed by atoms with Gasteiger partial charge in [0.1, 0.15) is 5.75 Å². The first-order valence-corrected chi connectivity index (χ1v) is 7.37. The molecule has 4 nitrogen and oxygen atoms in total. The summed E-state index contributed by atoms with van der Waals surface area (Å²) in [5.41, 5.74) is 8.61. The Kier molecular flexibility index (Phi) is 5.01. The highest BCUT2D eigenvalue weighted by Crippen LogP contribution is 2.30. The molecule has 0 saturated heterocycles. The van der Waals surface area contributed by atoms with Gasteiger partial charge in [-0.1, -0.05) is 6.07 Å². The third-order valence-electron chi connectivity index (χ3n) is 3.52. The summed E-state index contributed by atoms with van der Waals surface area (Å²) < 4.78 is 5.66. The predicted octanol–water partition coefficient (Wildman–Crippen LogP) is 2.32. The van der Waals surface area contributed by atoms with Crippen molar-refractivity contribution in [1.82, 2.24) is 5.32 Å². The Bertz CT molecular complexity index is 472. The van der Waals surface area contributed by atoms with Crippen LogP contribution in [0.25, 0.3) is 0 Å². The number of aryl methyl sites for hydroxylation is 1. The highest BCUT2D eigenvalue weighted by atomic mass is 16.5. The lowest BCUT2D eigenvalue weighted by Crippen LogP contribution is -2.31. The largest absolute Gasteiger partial charge is 0.493 e. The van der Waals surface area contributed by atoms with Crippen LogP contribution in [0.2, 0.25) is 0 Å². The van der Waals surface area contributed by atoms with Gasteiger partial charge in [0.2, 0.25) is 5.91 Å². The minimum Gasteiger partial charge on any atom is -0.493 e. The van der Waals surface area contributed by atoms with Gasteiger partial charge in [0.05, 0.1) is 13.0 Å². The highest BCUT2D eigenvalue weighted by molar-refractivity contribution is 5.76. The van der Waals surface area contributed by atoms with Crippen LogP contribution in [0.3, 0.4) is 0 Å². The first-order valence-electron chi connectivity index (χ1n) is 7.37. The van der Waals surface area contributed by atoms with Gasteiger partial charge in [-0.25, -0.2) is 0 Å². The van der Waals surface area contributed by atoms with Gasteiger partial charge in [-0.15, -0.1) is 0 Å². The normalized spacial score (nSPS) is 17.7. The Balaban J connectivity index is 1.86. The van der Waals surface area contributed by atoms with Crippen molar-refractivity contribution in [3.05, 3.63) is 29.3 Å². The van der Waals surface area contributed by atoms with Gasteiger partial charge in [0, 0.05) is 12.1 Å². The van der Waals surface area contributed by atoms with Crippen molar-refractivity contribution in [3.63, 3.8) is 0 Å². The third-order valence-corrected chi connectivity index (χ3v) is 3.52. The number of rotatable bonds is 5. The number of amides is 1. The maximum absolute atomic E-state index is 11.5. The number of benzene rings is 1. The average molecular weight is 276 g/mol. The molecule has 2 rings (SSSR count). The highest BCUT2D eigenvalue weighted by Gasteiger charge is 2.17. The van der Waals surface area contributed by atoms with Crippen molar-refractivity contribution in [1.29, 1.82) is 0 Å². The van der Waals surface area contributed by atoms with E-state index in [1.165, 1.54) is 11.1 Å². The summed E-state index contributed by atoms with van der Waals surface area (Å²) in [6.07, 6.45) is 3.64. The van der Waals surface area contributed by atoms with Crippen LogP contribution in [0.15, 0.2) is 18.2 Å². The molecule has 1 aromatic rings. The van der Waals surface area contributed by atoms with Gasteiger partial charge in [-0.3, -0.25) is 4.79 Å². The molecular formula is C16H24N2O2. The molecule has 4 heteroatoms. The molecule has 1 atom stereocenters. The minimum atomic E-state index is 0.0278. The third kappa shape index (κ3) is 3.97. The second kappa shape index (κ2) is 6.75. The molecule has 1 unspecified atom stereocenters. The number of nitrogens with one attached hydrogen (secondary N) is 1. The minimum absolute atomic E-state index is 0.0278. The summed E-state index contributed by atoms with van der Waals surface area (Å²) in [6.45, 7) is 4.31. The van der Waals surface area contributed by atoms with E-state index in [2.05, 4.69) is 17.4 Å². The van der Waals surface area contributed by atoms with E-state index in [1.807, 2.05) is 19.9 Å². The summed E-state index contributed by atoms with van der Waals surface area (Å²) in [4.78, 5) is 11.5. The van der Waals surface area contributed by atoms with Crippen LogP contribution in [0, 0.1) is 0 Å². The van der Waals surface area contributed by atoms with Gasteiger partial charge < -0.3 is 15.8 Å². The van der Waals surface area contributed by atoms with Crippen LogP contribution >= 0.6 is 0 Å². The van der Waals surface area contributed by atoms with Crippen molar-refractivity contribution < 1.29 is 9.53 Å². The number of hydrogen-bond donors (Lipinski definition) is 2. The first-order chi connectivity index (χ1) is 9.56. The molecule has 0 heterocycles. The second-order valence-electron chi connectivity index (χ2n) is 5.68. The molecule has 1 aliphatic rings. The standard InChI is InChI=1S/C16H24N2O2/c1-11(2)18-16(19)8-9-20-13-6-7-14-12(10-13)4-3-5-15(14)17/h6-7,10-11,15H,3-5,8-9,17H2,1-2H3,(H,18,19). The van der Waals surface area contributed by atoms with Crippen molar-refractivity contribution in [2.75, 3.05) is 6.61 Å². The fraction of sp³-hybridized carbons (Fsp3) is 0.562. The molecule has 20 heavy (non-hydrogen) atoms. The number of ether oxygens (including phenoxy) is 1. The Morgan fingerprint density at radius 1 is 1.50 bits per heavy atom. The zero-order chi connectivity index (χ0) is 14.5. The van der Waals surface area contributed by atoms with Gasteiger partial charge >= 0.3 is 0 Å². The number of fused-ring (bicyclic) bond motifs is 1. The van der Waals surface area contributed by atoms with E-state index < -0.39 is 0 Å². The molecular weight excluding hydrogens is 252 g/mol. The van der Waals surface area contributed by atoms with Gasteiger partial charge in [0.15, 0.2) is 0 Å². The maximum atomic E-state index is 11.5. The number of nitrogens with two attached hydrogens (primary N) is 1. The van der Waals surface area contributed by atoms with Crippen LogP contribution in [0.1, 0.15) is 50.3 Å². The van der Waals surface area contributed by atoms with Gasteiger partial charge in [0.25, 0.3) is 0 Å². The summed E-state index contributed by atoms with van der Waals surface area (Å²) in [7, 11) is 0. The average Bonchev–Trinajstić information content (AvgIpc) is 2.38. The zero-order valence-electron chi connectivity index (χ0n) is 12.3. The molecule has 110 valence electrons. The van der Waals surface area contributed by atoms with Crippen molar-refractivity contribution >= 4 is 5.91 Å². The molecule has 0 radical (unpaired) electrons. The molecule has 0 saturated carbocycles. The number of hydrogen-bond acceptors (Lipinski definition) is 3. The summed E-state index contributed by atoms with van der Waals surface area (Å²) in [6, 6.07) is 6.40. The Morgan fingerprint density at radius 3 is 3.05 bits per heavy atom. The van der Waals surface area contributed by atoms with E-state index in [9.17, 15) is 4.79 Å². The summed E-state index contributed by atoms with van der Waals surface area (Å²) >= 11 is 0. The molecule has 1 aromatic carbocycles. The summed E-state index contributed by atoms with van der Waals surface area (Å²) in [5.74, 6) is 0.857. The van der Waals surface area contributed by atoms with Crippen molar-refractivity contribution in [2.45, 2.75) is 51.6 Å². The lowest BCUT2D eigenvalue weighted by atomic mass is 9.88. The Morgan fingerprint density at radius 2 is 2.30 bits per heavy atom. The van der Waals surface area contributed by atoms with E-state index in [0.29, 0.717) is 13.0 Å². The lowest BCUT2D eigenvalue weighted by Gasteiger charge is -2.22. The predicted molar refractivity (Wildman–Crippen MR) is 79.7 cm³/mol. The molecule has 3 N–H and O–H groups in total. The van der Waals surface area contributed by atoms with E-state index in [-0.39, 0.29) is 18.0 Å². The molecule has 0 spiro atoms. The quantitative estimate of drug-likeness (QED) is 0.867. The topological polar surface area (TPSA) is 64.3 Å². The van der Waals surface area contributed by atoms with E-state index in [0.717, 1.165) is 25.0 Å². The molecule has 1 amide bonds. The summed E-state index contributed by atoms with van der Waals surface area (Å²) in [5, 5.41) is 2.85. The second-order valence-corrected chi connectivity index (χ2v) is 5.68. The molecule has 1 aliphatic carbocycles. The molecule has 0 aromatic heterocycles. The maximum Gasteiger partial charge on any atom is 0.223 e. The Labute approximate surface area is 120 Å². The fourth-order valence-corrected chi connectivity index (χ4v) is 2.57. The van der Waals surface area contributed by atoms with E-state index in [4.69, 9.17) is 10.5 Å². The molecule has 0 aliphatic heterocycles. The van der Waals surface area contributed by atoms with Crippen LogP contribution in [-0.4, -0.2) is 18.6 Å². The molecule has 0 fully saturated rings. The van der Waals surface area contributed by atoms with Gasteiger partial charge in [-0.2, -0.15) is 0 Å². The van der Waals surface area contributed by atoms with Gasteiger partial charge in [-0.05, 0) is 56.4 Å². The van der Waals surface area contributed by atoms with Crippen LogP contribution in [-0.2, 0) is 11.2 Å². The van der Waals surface area contributed by atoms with Crippen LogP contribution < -0.4 is 15.8 Å². The van der Waals surface area contributed by atoms with E-state index in [1.54, 1.807) is 0 Å². The number of carbonyl (C=O) groups is 1.